The maximum atomic E-state index is 10.5. The van der Waals surface area contributed by atoms with Crippen molar-refractivity contribution in [3.63, 3.8) is 0 Å². The molecule has 0 unspecified atom stereocenters. The Labute approximate surface area is 125 Å². The molecule has 0 aliphatic carbocycles. The third-order valence-corrected chi connectivity index (χ3v) is 2.76. The van der Waals surface area contributed by atoms with Gasteiger partial charge in [-0.25, -0.2) is 4.79 Å². The first-order valence-corrected chi connectivity index (χ1v) is 6.20. The number of hydrogen-bond acceptors (Lipinski definition) is 5. The van der Waals surface area contributed by atoms with Crippen molar-refractivity contribution < 1.29 is 29.5 Å². The molecule has 0 fully saturated rings. The third kappa shape index (κ3) is 7.12. The summed E-state index contributed by atoms with van der Waals surface area (Å²) >= 11 is 3.18. The molecule has 3 N–H and O–H groups in total. The van der Waals surface area contributed by atoms with E-state index < -0.39 is 19.2 Å². The minimum absolute atomic E-state index is 0.341. The number of carboxylic acids is 1. The summed E-state index contributed by atoms with van der Waals surface area (Å²) in [6.45, 7) is -0.341. The Hall–Kier alpha value is -1.58. The Kier molecular flexibility index (Phi) is 8.61. The van der Waals surface area contributed by atoms with Crippen LogP contribution in [0, 0.1) is 0 Å². The molecule has 0 bridgehead atoms. The summed E-state index contributed by atoms with van der Waals surface area (Å²) in [5, 5.41) is 25.6. The summed E-state index contributed by atoms with van der Waals surface area (Å²) in [5.74, 6) is -1.06. The number of halogens is 1. The minimum Gasteiger partial charge on any atom is -0.480 e. The number of likely N-dealkylation sites (N-methyl/N-ethyl adjacent to an activating group) is 1. The number of methoxy groups -OCH3 is 1. The van der Waals surface area contributed by atoms with Crippen LogP contribution in [0.4, 0.5) is 4.79 Å². The predicted molar refractivity (Wildman–Crippen MR) is 76.6 cm³/mol. The highest BCUT2D eigenvalue weighted by Gasteiger charge is 2.12. The molecule has 0 aliphatic rings. The van der Waals surface area contributed by atoms with Gasteiger partial charge in [-0.15, -0.1) is 0 Å². The zero-order valence-electron chi connectivity index (χ0n) is 11.0. The van der Waals surface area contributed by atoms with Crippen LogP contribution in [0.25, 0.3) is 0 Å². The highest BCUT2D eigenvalue weighted by molar-refractivity contribution is 9.10. The number of aliphatic carboxylic acids is 1. The van der Waals surface area contributed by atoms with E-state index in [4.69, 9.17) is 15.2 Å². The van der Waals surface area contributed by atoms with E-state index in [1.54, 1.807) is 18.2 Å². The zero-order valence-corrected chi connectivity index (χ0v) is 12.6. The largest absolute Gasteiger partial charge is 0.489 e. The summed E-state index contributed by atoms with van der Waals surface area (Å²) < 4.78 is 4.95. The summed E-state index contributed by atoms with van der Waals surface area (Å²) in [6, 6.07) is 6.97. The fraction of sp³-hybridized carbons (Fsp3) is 0.273. The number of carbonyl (C=O) groups is 2. The topological polar surface area (TPSA) is 107 Å². The molecule has 7 nitrogen and oxygen atoms in total. The molecule has 0 aliphatic heterocycles. The molecule has 20 heavy (non-hydrogen) atoms. The van der Waals surface area contributed by atoms with Gasteiger partial charge in [-0.1, -0.05) is 34.1 Å². The maximum absolute atomic E-state index is 10.5. The molecule has 0 radical (unpaired) electrons. The number of benzene rings is 1. The van der Waals surface area contributed by atoms with Gasteiger partial charge in [-0.05, 0) is 11.5 Å². The lowest BCUT2D eigenvalue weighted by atomic mass is 9.80. The fourth-order valence-electron chi connectivity index (χ4n) is 1.11. The van der Waals surface area contributed by atoms with Crippen molar-refractivity contribution in [3.8, 4) is 0 Å². The van der Waals surface area contributed by atoms with E-state index in [9.17, 15) is 9.59 Å². The summed E-state index contributed by atoms with van der Waals surface area (Å²) in [4.78, 5) is 21.4. The van der Waals surface area contributed by atoms with Crippen LogP contribution in [0.2, 0.25) is 0 Å². The van der Waals surface area contributed by atoms with Crippen LogP contribution >= 0.6 is 15.9 Å². The first-order valence-electron chi connectivity index (χ1n) is 5.41. The second-order valence-corrected chi connectivity index (χ2v) is 4.47. The van der Waals surface area contributed by atoms with Crippen molar-refractivity contribution in [2.75, 3.05) is 20.7 Å². The quantitative estimate of drug-likeness (QED) is 0.659. The molecule has 110 valence electrons. The summed E-state index contributed by atoms with van der Waals surface area (Å²) in [7, 11) is 1.15. The van der Waals surface area contributed by atoms with E-state index in [1.165, 1.54) is 14.2 Å². The first-order chi connectivity index (χ1) is 9.29. The van der Waals surface area contributed by atoms with Gasteiger partial charge < -0.3 is 24.8 Å². The van der Waals surface area contributed by atoms with Crippen LogP contribution < -0.4 is 5.46 Å². The molecule has 0 spiro atoms. The summed E-state index contributed by atoms with van der Waals surface area (Å²) in [6.07, 6.45) is -0.651. The van der Waals surface area contributed by atoms with Gasteiger partial charge in [0.2, 0.25) is 0 Å². The van der Waals surface area contributed by atoms with Crippen molar-refractivity contribution >= 4 is 40.6 Å². The minimum atomic E-state index is -1.39. The smallest absolute Gasteiger partial charge is 0.480 e. The number of ether oxygens (including phenoxy) is 1. The molecular weight excluding hydrogens is 333 g/mol. The van der Waals surface area contributed by atoms with Gasteiger partial charge in [-0.3, -0.25) is 4.79 Å². The molecular formula is C11H15BBrNO6. The maximum Gasteiger partial charge on any atom is 0.489 e. The normalized spacial score (nSPS) is 9.05. The van der Waals surface area contributed by atoms with Gasteiger partial charge in [0.15, 0.2) is 0 Å². The molecule has 9 heteroatoms. The van der Waals surface area contributed by atoms with E-state index in [0.29, 0.717) is 9.94 Å². The Balaban J connectivity index is 0.000000361. The second-order valence-electron chi connectivity index (χ2n) is 3.62. The monoisotopic (exact) mass is 347 g/mol. The number of rotatable bonds is 3. The highest BCUT2D eigenvalue weighted by atomic mass is 79.9. The van der Waals surface area contributed by atoms with Gasteiger partial charge >= 0.3 is 19.2 Å². The Morgan fingerprint density at radius 3 is 2.25 bits per heavy atom. The van der Waals surface area contributed by atoms with Crippen molar-refractivity contribution in [2.45, 2.75) is 0 Å². The first kappa shape index (κ1) is 18.4. The van der Waals surface area contributed by atoms with Gasteiger partial charge in [0, 0.05) is 11.5 Å². The number of carbonyl (C=O) groups excluding carboxylic acids is 1. The molecule has 0 aromatic heterocycles. The van der Waals surface area contributed by atoms with Crippen LogP contribution in [0.1, 0.15) is 0 Å². The van der Waals surface area contributed by atoms with Crippen LogP contribution in [0.5, 0.6) is 0 Å². The SMILES string of the molecule is COC(=O)N(C)CC(=O)O.OB(O)c1ccccc1Br. The Morgan fingerprint density at radius 2 is 1.90 bits per heavy atom. The van der Waals surface area contributed by atoms with E-state index >= 15 is 0 Å². The van der Waals surface area contributed by atoms with E-state index in [0.717, 1.165) is 4.90 Å². The average Bonchev–Trinajstić information content (AvgIpc) is 2.37. The van der Waals surface area contributed by atoms with Crippen molar-refractivity contribution in [1.82, 2.24) is 4.90 Å². The molecule has 1 rings (SSSR count). The standard InChI is InChI=1S/C6H6BBrO2.C5H9NO4/c8-6-4-2-1-3-5(6)7(9)10;1-6(3-4(7)8)5(9)10-2/h1-4,9-10H;3H2,1-2H3,(H,7,8). The molecule has 0 saturated heterocycles. The van der Waals surface area contributed by atoms with Gasteiger partial charge in [0.1, 0.15) is 6.54 Å². The van der Waals surface area contributed by atoms with Crippen molar-refractivity contribution in [3.05, 3.63) is 28.7 Å². The van der Waals surface area contributed by atoms with E-state index in [2.05, 4.69) is 20.7 Å². The molecule has 1 amide bonds. The van der Waals surface area contributed by atoms with Crippen LogP contribution in [-0.2, 0) is 9.53 Å². The third-order valence-electron chi connectivity index (χ3n) is 2.04. The number of hydrogen-bond donors (Lipinski definition) is 3. The predicted octanol–water partition coefficient (Wildman–Crippen LogP) is -0.102. The van der Waals surface area contributed by atoms with Gasteiger partial charge in [-0.2, -0.15) is 0 Å². The number of amides is 1. The molecule has 1 aromatic carbocycles. The second kappa shape index (κ2) is 9.35. The highest BCUT2D eigenvalue weighted by Crippen LogP contribution is 2.04. The molecule has 0 atom stereocenters. The van der Waals surface area contributed by atoms with E-state index in [1.807, 2.05) is 6.07 Å². The number of carboxylic acid groups (broad SMARTS) is 1. The van der Waals surface area contributed by atoms with Gasteiger partial charge in [0.25, 0.3) is 0 Å². The van der Waals surface area contributed by atoms with E-state index in [-0.39, 0.29) is 6.54 Å². The van der Waals surface area contributed by atoms with Gasteiger partial charge in [0.05, 0.1) is 7.11 Å². The molecule has 0 saturated carbocycles. The Bertz CT molecular complexity index is 456. The van der Waals surface area contributed by atoms with Crippen LogP contribution in [0.15, 0.2) is 28.7 Å². The lowest BCUT2D eigenvalue weighted by Crippen LogP contribution is -2.31. The zero-order chi connectivity index (χ0) is 15.7. The van der Waals surface area contributed by atoms with Crippen LogP contribution in [-0.4, -0.2) is 59.9 Å². The lowest BCUT2D eigenvalue weighted by Gasteiger charge is -2.11. The Morgan fingerprint density at radius 1 is 1.35 bits per heavy atom. The van der Waals surface area contributed by atoms with Crippen molar-refractivity contribution in [1.29, 1.82) is 0 Å². The average molecular weight is 348 g/mol. The molecule has 1 aromatic rings. The van der Waals surface area contributed by atoms with Crippen LogP contribution in [0.3, 0.4) is 0 Å². The lowest BCUT2D eigenvalue weighted by molar-refractivity contribution is -0.137. The molecule has 0 heterocycles. The fourth-order valence-corrected chi connectivity index (χ4v) is 1.60. The van der Waals surface area contributed by atoms with Crippen molar-refractivity contribution in [2.24, 2.45) is 0 Å². The summed E-state index contributed by atoms with van der Waals surface area (Å²) in [5.41, 5.74) is 0.488. The number of nitrogens with zero attached hydrogens (tertiary/aromatic N) is 1.